The zero-order chi connectivity index (χ0) is 6.85. The van der Waals surface area contributed by atoms with Gasteiger partial charge in [0.25, 0.3) is 0 Å². The molecule has 3 nitrogen and oxygen atoms in total. The highest BCUT2D eigenvalue weighted by Gasteiger charge is 1.95. The first kappa shape index (κ1) is 6.01. The van der Waals surface area contributed by atoms with E-state index in [0.29, 0.717) is 0 Å². The van der Waals surface area contributed by atoms with Crippen molar-refractivity contribution in [1.82, 2.24) is 9.78 Å². The van der Waals surface area contributed by atoms with Crippen molar-refractivity contribution in [2.75, 3.05) is 0 Å². The van der Waals surface area contributed by atoms with Gasteiger partial charge in [0.2, 0.25) is 5.91 Å². The van der Waals surface area contributed by atoms with Crippen LogP contribution < -0.4 is 0 Å². The molecular formula is C6H8N2O. The Morgan fingerprint density at radius 2 is 2.44 bits per heavy atom. The molecule has 48 valence electrons. The van der Waals surface area contributed by atoms with Crippen molar-refractivity contribution >= 4 is 5.91 Å². The molecule has 0 aromatic carbocycles. The van der Waals surface area contributed by atoms with Gasteiger partial charge in [0.05, 0.1) is 5.69 Å². The van der Waals surface area contributed by atoms with E-state index >= 15 is 0 Å². The summed E-state index contributed by atoms with van der Waals surface area (Å²) in [6, 6.07) is 1.79. The smallest absolute Gasteiger partial charge is 0.243 e. The number of aryl methyl sites for hydroxylation is 1. The van der Waals surface area contributed by atoms with Crippen molar-refractivity contribution in [3.8, 4) is 0 Å². The molecule has 0 N–H and O–H groups in total. The van der Waals surface area contributed by atoms with E-state index in [1.165, 1.54) is 11.6 Å². The van der Waals surface area contributed by atoms with Gasteiger partial charge in [-0.25, -0.2) is 4.68 Å². The maximum absolute atomic E-state index is 10.6. The van der Waals surface area contributed by atoms with Crippen LogP contribution >= 0.6 is 0 Å². The highest BCUT2D eigenvalue weighted by molar-refractivity contribution is 5.74. The topological polar surface area (TPSA) is 34.9 Å². The fourth-order valence-electron chi connectivity index (χ4n) is 0.590. The summed E-state index contributed by atoms with van der Waals surface area (Å²) in [5.74, 6) is -0.0527. The van der Waals surface area contributed by atoms with Gasteiger partial charge in [-0.15, -0.1) is 0 Å². The molecule has 1 rings (SSSR count). The van der Waals surface area contributed by atoms with Crippen molar-refractivity contribution in [1.29, 1.82) is 0 Å². The first-order valence-electron chi connectivity index (χ1n) is 2.73. The maximum Gasteiger partial charge on any atom is 0.243 e. The van der Waals surface area contributed by atoms with Gasteiger partial charge in [-0.05, 0) is 13.0 Å². The molecule has 0 aliphatic heterocycles. The summed E-state index contributed by atoms with van der Waals surface area (Å²) in [5.41, 5.74) is 0.866. The van der Waals surface area contributed by atoms with E-state index in [1.807, 2.05) is 6.92 Å². The van der Waals surface area contributed by atoms with Crippen LogP contribution in [0.25, 0.3) is 0 Å². The Labute approximate surface area is 53.3 Å². The average molecular weight is 124 g/mol. The second-order valence-electron chi connectivity index (χ2n) is 1.92. The third-order valence-corrected chi connectivity index (χ3v) is 1.05. The summed E-state index contributed by atoms with van der Waals surface area (Å²) in [7, 11) is 0. The Hall–Kier alpha value is -1.12. The van der Waals surface area contributed by atoms with Crippen LogP contribution in [0, 0.1) is 6.92 Å². The lowest BCUT2D eigenvalue weighted by atomic mass is 10.5. The predicted octanol–water partition coefficient (Wildman–Crippen LogP) is 0.852. The molecule has 0 bridgehead atoms. The molecule has 0 aliphatic carbocycles. The molecule has 3 heteroatoms. The van der Waals surface area contributed by atoms with Gasteiger partial charge in [-0.1, -0.05) is 0 Å². The lowest BCUT2D eigenvalue weighted by Crippen LogP contribution is -2.05. The van der Waals surface area contributed by atoms with E-state index in [4.69, 9.17) is 0 Å². The van der Waals surface area contributed by atoms with Crippen molar-refractivity contribution in [3.05, 3.63) is 18.0 Å². The second-order valence-corrected chi connectivity index (χ2v) is 1.92. The van der Waals surface area contributed by atoms with E-state index in [0.717, 1.165) is 5.69 Å². The molecule has 1 heterocycles. The van der Waals surface area contributed by atoms with Gasteiger partial charge >= 0.3 is 0 Å². The molecule has 0 spiro atoms. The number of hydrogen-bond acceptors (Lipinski definition) is 2. The van der Waals surface area contributed by atoms with Crippen molar-refractivity contribution in [2.45, 2.75) is 13.8 Å². The third-order valence-electron chi connectivity index (χ3n) is 1.05. The Morgan fingerprint density at radius 3 is 2.67 bits per heavy atom. The summed E-state index contributed by atoms with van der Waals surface area (Å²) >= 11 is 0. The lowest BCUT2D eigenvalue weighted by Gasteiger charge is -1.88. The Balaban J connectivity index is 2.98. The van der Waals surface area contributed by atoms with Crippen LogP contribution in [0.2, 0.25) is 0 Å². The Kier molecular flexibility index (Phi) is 1.34. The minimum atomic E-state index is -0.0527. The molecule has 0 radical (unpaired) electrons. The van der Waals surface area contributed by atoms with Gasteiger partial charge in [0, 0.05) is 13.1 Å². The number of aromatic nitrogens is 2. The minimum absolute atomic E-state index is 0.0527. The number of carbonyl (C=O) groups is 1. The van der Waals surface area contributed by atoms with Gasteiger partial charge in [0.1, 0.15) is 0 Å². The van der Waals surface area contributed by atoms with Gasteiger partial charge < -0.3 is 0 Å². The molecule has 0 aliphatic rings. The van der Waals surface area contributed by atoms with E-state index in [9.17, 15) is 4.79 Å². The molecule has 0 atom stereocenters. The summed E-state index contributed by atoms with van der Waals surface area (Å²) in [6.45, 7) is 3.33. The molecular weight excluding hydrogens is 116 g/mol. The summed E-state index contributed by atoms with van der Waals surface area (Å²) in [4.78, 5) is 10.6. The van der Waals surface area contributed by atoms with Crippen LogP contribution in [0.1, 0.15) is 17.4 Å². The number of nitrogens with zero attached hydrogens (tertiary/aromatic N) is 2. The zero-order valence-corrected chi connectivity index (χ0v) is 5.46. The number of rotatable bonds is 0. The lowest BCUT2D eigenvalue weighted by molar-refractivity contribution is 0.0921. The second kappa shape index (κ2) is 2.01. The standard InChI is InChI=1S/C6H8N2O/c1-5-3-4-8(7-5)6(2)9/h3-4H,1-2H3. The Bertz CT molecular complexity index is 227. The summed E-state index contributed by atoms with van der Waals surface area (Å²) in [6.07, 6.45) is 1.65. The van der Waals surface area contributed by atoms with Crippen LogP contribution in [0.15, 0.2) is 12.3 Å². The maximum atomic E-state index is 10.6. The van der Waals surface area contributed by atoms with Gasteiger partial charge in [-0.2, -0.15) is 5.10 Å². The molecule has 1 aromatic heterocycles. The third kappa shape index (κ3) is 1.16. The Morgan fingerprint density at radius 1 is 1.78 bits per heavy atom. The molecule has 0 saturated carbocycles. The summed E-state index contributed by atoms with van der Waals surface area (Å²) < 4.78 is 1.31. The normalized spacial score (nSPS) is 9.56. The van der Waals surface area contributed by atoms with E-state index in [1.54, 1.807) is 12.3 Å². The highest BCUT2D eigenvalue weighted by atomic mass is 16.2. The molecule has 0 unspecified atom stereocenters. The van der Waals surface area contributed by atoms with Crippen LogP contribution in [0.3, 0.4) is 0 Å². The molecule has 1 aromatic rings. The zero-order valence-electron chi connectivity index (χ0n) is 5.46. The largest absolute Gasteiger partial charge is 0.273 e. The monoisotopic (exact) mass is 124 g/mol. The van der Waals surface area contributed by atoms with E-state index < -0.39 is 0 Å². The van der Waals surface area contributed by atoms with Crippen molar-refractivity contribution in [3.63, 3.8) is 0 Å². The van der Waals surface area contributed by atoms with Crippen molar-refractivity contribution in [2.24, 2.45) is 0 Å². The van der Waals surface area contributed by atoms with E-state index in [-0.39, 0.29) is 5.91 Å². The quantitative estimate of drug-likeness (QED) is 0.514. The average Bonchev–Trinajstić information content (AvgIpc) is 2.14. The molecule has 0 amide bonds. The van der Waals surface area contributed by atoms with Crippen LogP contribution in [0.4, 0.5) is 0 Å². The number of carbonyl (C=O) groups excluding carboxylic acids is 1. The molecule has 9 heavy (non-hydrogen) atoms. The van der Waals surface area contributed by atoms with Crippen molar-refractivity contribution < 1.29 is 4.79 Å². The van der Waals surface area contributed by atoms with Gasteiger partial charge in [0.15, 0.2) is 0 Å². The van der Waals surface area contributed by atoms with E-state index in [2.05, 4.69) is 5.10 Å². The van der Waals surface area contributed by atoms with Crippen LogP contribution in [-0.4, -0.2) is 15.7 Å². The highest BCUT2D eigenvalue weighted by Crippen LogP contribution is 1.90. The minimum Gasteiger partial charge on any atom is -0.273 e. The first-order chi connectivity index (χ1) is 4.20. The SMILES string of the molecule is CC(=O)n1ccc(C)n1. The molecule has 0 fully saturated rings. The fourth-order valence-corrected chi connectivity index (χ4v) is 0.590. The predicted molar refractivity (Wildman–Crippen MR) is 33.3 cm³/mol. The molecule has 0 saturated heterocycles. The van der Waals surface area contributed by atoms with Crippen LogP contribution in [-0.2, 0) is 0 Å². The van der Waals surface area contributed by atoms with Gasteiger partial charge in [-0.3, -0.25) is 4.79 Å². The fraction of sp³-hybridized carbons (Fsp3) is 0.333. The number of hydrogen-bond donors (Lipinski definition) is 0. The summed E-state index contributed by atoms with van der Waals surface area (Å²) in [5, 5.41) is 3.88. The first-order valence-corrected chi connectivity index (χ1v) is 2.73. The van der Waals surface area contributed by atoms with Crippen LogP contribution in [0.5, 0.6) is 0 Å².